The van der Waals surface area contributed by atoms with Gasteiger partial charge in [0.25, 0.3) is 0 Å². The van der Waals surface area contributed by atoms with Gasteiger partial charge < -0.3 is 19.9 Å². The molecule has 1 saturated heterocycles. The third kappa shape index (κ3) is 3.03. The average Bonchev–Trinajstić information content (AvgIpc) is 2.92. The Bertz CT molecular complexity index is 494. The second-order valence-corrected chi connectivity index (χ2v) is 4.27. The predicted octanol–water partition coefficient (Wildman–Crippen LogP) is 1.37. The summed E-state index contributed by atoms with van der Waals surface area (Å²) in [6.07, 6.45) is 0.696. The highest BCUT2D eigenvalue weighted by molar-refractivity contribution is 5.95. The smallest absolute Gasteiger partial charge is 0.335 e. The van der Waals surface area contributed by atoms with Crippen LogP contribution in [0.25, 0.3) is 0 Å². The zero-order chi connectivity index (χ0) is 13.8. The molecule has 0 spiro atoms. The van der Waals surface area contributed by atoms with Crippen molar-refractivity contribution in [3.8, 4) is 5.75 Å². The number of benzene rings is 1. The van der Waals surface area contributed by atoms with Crippen molar-refractivity contribution >= 4 is 17.6 Å². The lowest BCUT2D eigenvalue weighted by Gasteiger charge is -2.13. The van der Waals surface area contributed by atoms with Crippen LogP contribution in [-0.2, 0) is 9.53 Å². The second-order valence-electron chi connectivity index (χ2n) is 4.27. The van der Waals surface area contributed by atoms with Crippen LogP contribution in [0.1, 0.15) is 16.8 Å². The van der Waals surface area contributed by atoms with E-state index in [9.17, 15) is 9.59 Å². The monoisotopic (exact) mass is 265 g/mol. The summed E-state index contributed by atoms with van der Waals surface area (Å²) in [4.78, 5) is 22.8. The summed E-state index contributed by atoms with van der Waals surface area (Å²) in [6.45, 7) is 1.01. The molecule has 6 heteroatoms. The number of carbonyl (C=O) groups is 2. The van der Waals surface area contributed by atoms with Crippen molar-refractivity contribution in [1.82, 2.24) is 0 Å². The standard InChI is InChI=1S/C13H15NO5/c1-18-11-6-8(13(16)17)2-3-10(11)14-12(15)9-4-5-19-7-9/h2-3,6,9H,4-5,7H2,1H3,(H,14,15)(H,16,17)/t9-/m0/s1. The maximum Gasteiger partial charge on any atom is 0.335 e. The first-order chi connectivity index (χ1) is 9.11. The topological polar surface area (TPSA) is 84.9 Å². The molecule has 0 bridgehead atoms. The first-order valence-corrected chi connectivity index (χ1v) is 5.91. The summed E-state index contributed by atoms with van der Waals surface area (Å²) < 4.78 is 10.2. The van der Waals surface area contributed by atoms with Crippen molar-refractivity contribution in [3.63, 3.8) is 0 Å². The van der Waals surface area contributed by atoms with Crippen molar-refractivity contribution in [1.29, 1.82) is 0 Å². The predicted molar refractivity (Wildman–Crippen MR) is 67.5 cm³/mol. The van der Waals surface area contributed by atoms with Crippen LogP contribution in [0.4, 0.5) is 5.69 Å². The summed E-state index contributed by atoms with van der Waals surface area (Å²) in [5.74, 6) is -1.02. The number of hydrogen-bond donors (Lipinski definition) is 2. The van der Waals surface area contributed by atoms with Gasteiger partial charge in [-0.05, 0) is 24.6 Å². The van der Waals surface area contributed by atoms with Gasteiger partial charge in [-0.15, -0.1) is 0 Å². The number of ether oxygens (including phenoxy) is 2. The number of carbonyl (C=O) groups excluding carboxylic acids is 1. The summed E-state index contributed by atoms with van der Waals surface area (Å²) >= 11 is 0. The number of nitrogens with one attached hydrogen (secondary N) is 1. The Hall–Kier alpha value is -2.08. The largest absolute Gasteiger partial charge is 0.495 e. The van der Waals surface area contributed by atoms with Crippen LogP contribution >= 0.6 is 0 Å². The Labute approximate surface area is 110 Å². The first kappa shape index (κ1) is 13.4. The molecule has 1 atom stereocenters. The molecule has 19 heavy (non-hydrogen) atoms. The summed E-state index contributed by atoms with van der Waals surface area (Å²) in [6, 6.07) is 4.32. The number of hydrogen-bond acceptors (Lipinski definition) is 4. The maximum absolute atomic E-state index is 11.9. The van der Waals surface area contributed by atoms with Crippen molar-refractivity contribution in [2.45, 2.75) is 6.42 Å². The van der Waals surface area contributed by atoms with Crippen LogP contribution in [-0.4, -0.2) is 37.3 Å². The summed E-state index contributed by atoms with van der Waals surface area (Å²) in [5, 5.41) is 11.6. The van der Waals surface area contributed by atoms with Crippen LogP contribution in [0, 0.1) is 5.92 Å². The fourth-order valence-electron chi connectivity index (χ4n) is 1.90. The van der Waals surface area contributed by atoms with Gasteiger partial charge in [0, 0.05) is 6.61 Å². The Balaban J connectivity index is 2.15. The Morgan fingerprint density at radius 3 is 2.84 bits per heavy atom. The minimum absolute atomic E-state index is 0.110. The molecule has 102 valence electrons. The molecule has 0 aromatic heterocycles. The SMILES string of the molecule is COc1cc(C(=O)O)ccc1NC(=O)[C@H]1CCOC1. The minimum Gasteiger partial charge on any atom is -0.495 e. The van der Waals surface area contributed by atoms with Gasteiger partial charge in [0.1, 0.15) is 5.75 Å². The minimum atomic E-state index is -1.04. The second kappa shape index (κ2) is 5.71. The molecule has 1 amide bonds. The molecule has 2 N–H and O–H groups in total. The molecule has 0 unspecified atom stereocenters. The maximum atomic E-state index is 11.9. The molecule has 1 aromatic rings. The normalized spacial score (nSPS) is 18.1. The highest BCUT2D eigenvalue weighted by Gasteiger charge is 2.24. The van der Waals surface area contributed by atoms with Crippen molar-refractivity contribution in [3.05, 3.63) is 23.8 Å². The highest BCUT2D eigenvalue weighted by Crippen LogP contribution is 2.27. The zero-order valence-corrected chi connectivity index (χ0v) is 10.5. The third-order valence-corrected chi connectivity index (χ3v) is 3.01. The van der Waals surface area contributed by atoms with Crippen LogP contribution in [0.2, 0.25) is 0 Å². The third-order valence-electron chi connectivity index (χ3n) is 3.01. The van der Waals surface area contributed by atoms with E-state index in [-0.39, 0.29) is 17.4 Å². The molecule has 0 radical (unpaired) electrons. The van der Waals surface area contributed by atoms with Gasteiger partial charge in [0.2, 0.25) is 5.91 Å². The van der Waals surface area contributed by atoms with Gasteiger partial charge in [-0.25, -0.2) is 4.79 Å². The van der Waals surface area contributed by atoms with Crippen LogP contribution in [0.5, 0.6) is 5.75 Å². The van der Waals surface area contributed by atoms with E-state index >= 15 is 0 Å². The van der Waals surface area contributed by atoms with E-state index in [1.165, 1.54) is 25.3 Å². The van der Waals surface area contributed by atoms with Gasteiger partial charge in [0.15, 0.2) is 0 Å². The van der Waals surface area contributed by atoms with E-state index in [1.54, 1.807) is 0 Å². The Morgan fingerprint density at radius 2 is 2.26 bits per heavy atom. The number of amides is 1. The first-order valence-electron chi connectivity index (χ1n) is 5.91. The van der Waals surface area contributed by atoms with Crippen LogP contribution in [0.3, 0.4) is 0 Å². The molecule has 1 aliphatic rings. The number of methoxy groups -OCH3 is 1. The molecule has 0 saturated carbocycles. The van der Waals surface area contributed by atoms with Gasteiger partial charge in [0.05, 0.1) is 30.9 Å². The lowest BCUT2D eigenvalue weighted by Crippen LogP contribution is -2.23. The quantitative estimate of drug-likeness (QED) is 0.858. The number of aromatic carboxylic acids is 1. The average molecular weight is 265 g/mol. The van der Waals surface area contributed by atoms with Gasteiger partial charge in [-0.1, -0.05) is 0 Å². The molecule has 1 aromatic carbocycles. The molecule has 2 rings (SSSR count). The Kier molecular flexibility index (Phi) is 4.01. The molecule has 1 fully saturated rings. The van der Waals surface area contributed by atoms with E-state index in [1.807, 2.05) is 0 Å². The van der Waals surface area contributed by atoms with E-state index in [0.717, 1.165) is 0 Å². The van der Waals surface area contributed by atoms with Crippen LogP contribution in [0.15, 0.2) is 18.2 Å². The molecule has 1 heterocycles. The van der Waals surface area contributed by atoms with Crippen molar-refractivity contribution in [2.24, 2.45) is 5.92 Å². The van der Waals surface area contributed by atoms with E-state index in [4.69, 9.17) is 14.6 Å². The number of carboxylic acids is 1. The van der Waals surface area contributed by atoms with E-state index in [0.29, 0.717) is 31.1 Å². The fourth-order valence-corrected chi connectivity index (χ4v) is 1.90. The number of carboxylic acid groups (broad SMARTS) is 1. The highest BCUT2D eigenvalue weighted by atomic mass is 16.5. The van der Waals surface area contributed by atoms with Gasteiger partial charge in [-0.2, -0.15) is 0 Å². The number of anilines is 1. The molecular formula is C13H15NO5. The molecule has 1 aliphatic heterocycles. The van der Waals surface area contributed by atoms with Crippen molar-refractivity contribution in [2.75, 3.05) is 25.6 Å². The lowest BCUT2D eigenvalue weighted by molar-refractivity contribution is -0.119. The summed E-state index contributed by atoms with van der Waals surface area (Å²) in [5.41, 5.74) is 0.573. The van der Waals surface area contributed by atoms with Gasteiger partial charge in [-0.3, -0.25) is 4.79 Å². The molecular weight excluding hydrogens is 250 g/mol. The summed E-state index contributed by atoms with van der Waals surface area (Å²) in [7, 11) is 1.43. The Morgan fingerprint density at radius 1 is 1.47 bits per heavy atom. The van der Waals surface area contributed by atoms with Crippen molar-refractivity contribution < 1.29 is 24.2 Å². The fraction of sp³-hybridized carbons (Fsp3) is 0.385. The molecule has 6 nitrogen and oxygen atoms in total. The van der Waals surface area contributed by atoms with Crippen LogP contribution < -0.4 is 10.1 Å². The van der Waals surface area contributed by atoms with Gasteiger partial charge >= 0.3 is 5.97 Å². The lowest BCUT2D eigenvalue weighted by atomic mass is 10.1. The zero-order valence-electron chi connectivity index (χ0n) is 10.5. The molecule has 0 aliphatic carbocycles. The van der Waals surface area contributed by atoms with E-state index < -0.39 is 5.97 Å². The van der Waals surface area contributed by atoms with E-state index in [2.05, 4.69) is 5.32 Å². The number of rotatable bonds is 4.